The van der Waals surface area contributed by atoms with Gasteiger partial charge in [0, 0.05) is 24.5 Å². The van der Waals surface area contributed by atoms with Crippen LogP contribution >= 0.6 is 0 Å². The largest absolute Gasteiger partial charge is 0.508 e. The maximum absolute atomic E-state index is 14.7. The van der Waals surface area contributed by atoms with E-state index in [1.807, 2.05) is 4.57 Å². The first-order chi connectivity index (χ1) is 19.9. The average Bonchev–Trinajstić information content (AvgIpc) is 3.66. The number of rotatable bonds is 6. The van der Waals surface area contributed by atoms with Crippen LogP contribution in [0.4, 0.5) is 10.2 Å². The molecule has 0 bridgehead atoms. The first-order valence-electron chi connectivity index (χ1n) is 14.8. The van der Waals surface area contributed by atoms with Crippen LogP contribution < -0.4 is 9.64 Å². The van der Waals surface area contributed by atoms with E-state index in [2.05, 4.69) is 28.7 Å². The SMILES string of the molecule is C#Cc1c(F)ccc2cc(O)cc(Cn3cnc4c(OCC56CCCN5CCC6)cc(N5CCC[C@@H](C)C5)nc43)c12. The number of pyridine rings is 1. The highest BCUT2D eigenvalue weighted by atomic mass is 19.1. The predicted molar refractivity (Wildman–Crippen MR) is 159 cm³/mol. The van der Waals surface area contributed by atoms with Gasteiger partial charge in [0.2, 0.25) is 0 Å². The highest BCUT2D eigenvalue weighted by Crippen LogP contribution is 2.40. The summed E-state index contributed by atoms with van der Waals surface area (Å²) in [6.45, 7) is 7.47. The van der Waals surface area contributed by atoms with E-state index in [0.29, 0.717) is 46.6 Å². The molecule has 1 atom stereocenters. The summed E-state index contributed by atoms with van der Waals surface area (Å²) in [4.78, 5) is 14.8. The van der Waals surface area contributed by atoms with E-state index in [1.165, 1.54) is 38.2 Å². The number of halogens is 1. The van der Waals surface area contributed by atoms with E-state index in [9.17, 15) is 9.50 Å². The topological polar surface area (TPSA) is 66.7 Å². The lowest BCUT2D eigenvalue weighted by Crippen LogP contribution is -2.43. The summed E-state index contributed by atoms with van der Waals surface area (Å²) in [7, 11) is 0. The number of aromatic hydroxyl groups is 1. The average molecular weight is 554 g/mol. The third-order valence-corrected chi connectivity index (χ3v) is 9.43. The number of phenols is 1. The molecule has 3 aliphatic rings. The highest BCUT2D eigenvalue weighted by molar-refractivity contribution is 5.92. The molecule has 3 saturated heterocycles. The van der Waals surface area contributed by atoms with Gasteiger partial charge < -0.3 is 19.3 Å². The zero-order chi connectivity index (χ0) is 28.1. The number of anilines is 1. The van der Waals surface area contributed by atoms with Crippen LogP contribution in [0.1, 0.15) is 56.6 Å². The Morgan fingerprint density at radius 3 is 2.76 bits per heavy atom. The lowest BCUT2D eigenvalue weighted by atomic mass is 9.95. The van der Waals surface area contributed by atoms with Gasteiger partial charge in [0.05, 0.1) is 24.0 Å². The Balaban J connectivity index is 1.31. The summed E-state index contributed by atoms with van der Waals surface area (Å²) in [5, 5.41) is 11.8. The number of terminal acetylenes is 1. The fourth-order valence-electron chi connectivity index (χ4n) is 7.41. The van der Waals surface area contributed by atoms with Gasteiger partial charge in [-0.2, -0.15) is 0 Å². The highest BCUT2D eigenvalue weighted by Gasteiger charge is 2.45. The van der Waals surface area contributed by atoms with E-state index >= 15 is 0 Å². The maximum atomic E-state index is 14.7. The number of hydrogen-bond donors (Lipinski definition) is 1. The van der Waals surface area contributed by atoms with Crippen molar-refractivity contribution in [3.05, 3.63) is 53.6 Å². The number of piperidine rings is 1. The molecule has 3 fully saturated rings. The molecule has 2 aromatic carbocycles. The lowest BCUT2D eigenvalue weighted by molar-refractivity contribution is 0.114. The molecule has 7 nitrogen and oxygen atoms in total. The van der Waals surface area contributed by atoms with E-state index in [-0.39, 0.29) is 16.9 Å². The molecule has 0 aliphatic carbocycles. The summed E-state index contributed by atoms with van der Waals surface area (Å²) < 4.78 is 23.3. The quantitative estimate of drug-likeness (QED) is 0.309. The molecule has 0 saturated carbocycles. The molecule has 3 aliphatic heterocycles. The van der Waals surface area contributed by atoms with Gasteiger partial charge in [0.15, 0.2) is 11.4 Å². The molecule has 0 amide bonds. The number of imidazole rings is 1. The lowest BCUT2D eigenvalue weighted by Gasteiger charge is -2.33. The Morgan fingerprint density at radius 2 is 1.98 bits per heavy atom. The molecule has 41 heavy (non-hydrogen) atoms. The Bertz CT molecular complexity index is 1660. The molecule has 4 aromatic rings. The normalized spacial score (nSPS) is 20.5. The van der Waals surface area contributed by atoms with Gasteiger partial charge >= 0.3 is 0 Å². The van der Waals surface area contributed by atoms with Gasteiger partial charge in [0.1, 0.15) is 29.5 Å². The van der Waals surface area contributed by atoms with Crippen molar-refractivity contribution in [3.63, 3.8) is 0 Å². The van der Waals surface area contributed by atoms with Crippen molar-refractivity contribution in [2.24, 2.45) is 5.92 Å². The van der Waals surface area contributed by atoms with Crippen molar-refractivity contribution in [3.8, 4) is 23.8 Å². The molecular formula is C33H36FN5O2. The number of nitrogens with zero attached hydrogens (tertiary/aromatic N) is 5. The second kappa shape index (κ2) is 10.2. The van der Waals surface area contributed by atoms with Crippen LogP contribution in [-0.2, 0) is 6.54 Å². The number of benzene rings is 2. The minimum absolute atomic E-state index is 0.100. The Labute approximate surface area is 239 Å². The predicted octanol–water partition coefficient (Wildman–Crippen LogP) is 5.70. The van der Waals surface area contributed by atoms with E-state index in [4.69, 9.17) is 21.1 Å². The minimum atomic E-state index is -0.454. The van der Waals surface area contributed by atoms with Gasteiger partial charge in [-0.3, -0.25) is 4.90 Å². The zero-order valence-electron chi connectivity index (χ0n) is 23.6. The van der Waals surface area contributed by atoms with Crippen LogP contribution in [0.5, 0.6) is 11.5 Å². The number of aromatic nitrogens is 3. The van der Waals surface area contributed by atoms with Crippen LogP contribution in [0.2, 0.25) is 0 Å². The van der Waals surface area contributed by atoms with Crippen molar-refractivity contribution in [2.45, 2.75) is 57.5 Å². The maximum Gasteiger partial charge on any atom is 0.166 e. The molecule has 0 unspecified atom stereocenters. The van der Waals surface area contributed by atoms with E-state index in [0.717, 1.165) is 44.2 Å². The van der Waals surface area contributed by atoms with Crippen molar-refractivity contribution in [2.75, 3.05) is 37.7 Å². The summed E-state index contributed by atoms with van der Waals surface area (Å²) >= 11 is 0. The number of hydrogen-bond acceptors (Lipinski definition) is 6. The summed E-state index contributed by atoms with van der Waals surface area (Å²) in [6.07, 6.45) is 14.6. The molecule has 5 heterocycles. The zero-order valence-corrected chi connectivity index (χ0v) is 23.6. The molecule has 2 aromatic heterocycles. The van der Waals surface area contributed by atoms with Gasteiger partial charge in [-0.05, 0) is 86.7 Å². The van der Waals surface area contributed by atoms with Gasteiger partial charge in [-0.25, -0.2) is 14.4 Å². The Kier molecular flexibility index (Phi) is 6.50. The molecular weight excluding hydrogens is 517 g/mol. The molecule has 0 spiro atoms. The fourth-order valence-corrected chi connectivity index (χ4v) is 7.41. The number of fused-ring (bicyclic) bond motifs is 3. The van der Waals surface area contributed by atoms with Crippen LogP contribution in [0.3, 0.4) is 0 Å². The minimum Gasteiger partial charge on any atom is -0.508 e. The van der Waals surface area contributed by atoms with Crippen LogP contribution in [0, 0.1) is 24.1 Å². The fraction of sp³-hybridized carbons (Fsp3) is 0.455. The van der Waals surface area contributed by atoms with E-state index in [1.54, 1.807) is 24.5 Å². The monoisotopic (exact) mass is 553 g/mol. The van der Waals surface area contributed by atoms with Gasteiger partial charge in [0.25, 0.3) is 0 Å². The third-order valence-electron chi connectivity index (χ3n) is 9.43. The molecule has 1 N–H and O–H groups in total. The van der Waals surface area contributed by atoms with Crippen molar-refractivity contribution >= 4 is 27.8 Å². The first-order valence-corrected chi connectivity index (χ1v) is 14.8. The molecule has 8 heteroatoms. The van der Waals surface area contributed by atoms with Crippen LogP contribution in [-0.4, -0.2) is 62.9 Å². The van der Waals surface area contributed by atoms with Crippen molar-refractivity contribution in [1.29, 1.82) is 0 Å². The first kappa shape index (κ1) is 26.1. The van der Waals surface area contributed by atoms with Crippen molar-refractivity contribution in [1.82, 2.24) is 19.4 Å². The van der Waals surface area contributed by atoms with Gasteiger partial charge in [-0.1, -0.05) is 18.9 Å². The summed E-state index contributed by atoms with van der Waals surface area (Å²) in [5.74, 6) is 4.40. The molecule has 7 rings (SSSR count). The smallest absolute Gasteiger partial charge is 0.166 e. The van der Waals surface area contributed by atoms with E-state index < -0.39 is 5.82 Å². The Hall–Kier alpha value is -3.83. The second-order valence-electron chi connectivity index (χ2n) is 12.2. The Morgan fingerprint density at radius 1 is 1.15 bits per heavy atom. The van der Waals surface area contributed by atoms with Crippen LogP contribution in [0.15, 0.2) is 36.7 Å². The second-order valence-corrected chi connectivity index (χ2v) is 12.2. The van der Waals surface area contributed by atoms with Gasteiger partial charge in [-0.15, -0.1) is 6.42 Å². The van der Waals surface area contributed by atoms with Crippen LogP contribution in [0.25, 0.3) is 21.9 Å². The summed E-state index contributed by atoms with van der Waals surface area (Å²) in [5.41, 5.74) is 2.44. The molecule has 212 valence electrons. The molecule has 0 radical (unpaired) electrons. The summed E-state index contributed by atoms with van der Waals surface area (Å²) in [6, 6.07) is 8.32. The third kappa shape index (κ3) is 4.57. The standard InChI is InChI=1S/C33H36FN5O2/c1-3-26-27(34)9-8-23-15-25(40)16-24(30(23)26)19-38-21-35-31-28(41-20-33-10-5-13-39(33)14-6-11-33)17-29(36-32(31)38)37-12-4-7-22(2)18-37/h1,8-9,15-17,21-22,40H,4-7,10-14,18-20H2,2H3/t22-/m1/s1. The number of ether oxygens (including phenoxy) is 1. The van der Waals surface area contributed by atoms with Crippen molar-refractivity contribution < 1.29 is 14.2 Å². The number of phenolic OH excluding ortho intramolecular Hbond substituents is 1.